The van der Waals surface area contributed by atoms with Crippen LogP contribution in [0.25, 0.3) is 0 Å². The van der Waals surface area contributed by atoms with Crippen LogP contribution >= 0.6 is 0 Å². The number of anilines is 2. The van der Waals surface area contributed by atoms with Crippen molar-refractivity contribution >= 4 is 23.3 Å². The van der Waals surface area contributed by atoms with Gasteiger partial charge in [-0.2, -0.15) is 0 Å². The predicted octanol–water partition coefficient (Wildman–Crippen LogP) is 3.39. The highest BCUT2D eigenvalue weighted by molar-refractivity contribution is 5.83. The number of hydrogen-bond acceptors (Lipinski definition) is 7. The molecule has 0 saturated carbocycles. The lowest BCUT2D eigenvalue weighted by atomic mass is 10.2. The van der Waals surface area contributed by atoms with Gasteiger partial charge in [0.05, 0.1) is 17.6 Å². The Balaban J connectivity index is 2.18. The first-order chi connectivity index (χ1) is 11.5. The first kappa shape index (κ1) is 17.0. The van der Waals surface area contributed by atoms with Crippen LogP contribution in [0.3, 0.4) is 0 Å². The normalized spacial score (nSPS) is 9.92. The zero-order chi connectivity index (χ0) is 17.5. The molecular weight excluding hydrogens is 316 g/mol. The Bertz CT molecular complexity index is 750. The number of nitrogens with zero attached hydrogens (tertiary/aromatic N) is 2. The summed E-state index contributed by atoms with van der Waals surface area (Å²) in [7, 11) is 1.60. The van der Waals surface area contributed by atoms with Crippen LogP contribution in [0.1, 0.15) is 6.92 Å². The van der Waals surface area contributed by atoms with Gasteiger partial charge in [-0.05, 0) is 25.1 Å². The van der Waals surface area contributed by atoms with E-state index in [4.69, 9.17) is 9.47 Å². The largest absolute Gasteiger partial charge is 0.457 e. The van der Waals surface area contributed by atoms with Crippen LogP contribution in [-0.4, -0.2) is 29.7 Å². The van der Waals surface area contributed by atoms with Crippen molar-refractivity contribution in [2.24, 2.45) is 0 Å². The van der Waals surface area contributed by atoms with E-state index in [1.54, 1.807) is 32.2 Å². The summed E-state index contributed by atoms with van der Waals surface area (Å²) in [5.74, 6) is 0.893. The van der Waals surface area contributed by atoms with Crippen molar-refractivity contribution in [1.82, 2.24) is 4.98 Å². The Labute approximate surface area is 137 Å². The lowest BCUT2D eigenvalue weighted by Crippen LogP contribution is -2.14. The molecule has 2 aromatic rings. The molecule has 0 spiro atoms. The average Bonchev–Trinajstić information content (AvgIpc) is 2.55. The molecule has 0 unspecified atom stereocenters. The van der Waals surface area contributed by atoms with Gasteiger partial charge >= 0.3 is 6.09 Å². The molecule has 1 aromatic carbocycles. The maximum Gasteiger partial charge on any atom is 0.412 e. The number of amides is 1. The molecule has 24 heavy (non-hydrogen) atoms. The lowest BCUT2D eigenvalue weighted by Gasteiger charge is -2.09. The number of benzene rings is 1. The number of nitrogens with one attached hydrogen (secondary N) is 2. The Morgan fingerprint density at radius 2 is 2.04 bits per heavy atom. The third kappa shape index (κ3) is 4.32. The molecule has 0 radical (unpaired) electrons. The second kappa shape index (κ2) is 7.77. The molecule has 0 atom stereocenters. The molecule has 2 rings (SSSR count). The minimum absolute atomic E-state index is 0.103. The number of nitro groups is 1. The Morgan fingerprint density at radius 1 is 1.29 bits per heavy atom. The predicted molar refractivity (Wildman–Crippen MR) is 87.6 cm³/mol. The minimum Gasteiger partial charge on any atom is -0.457 e. The van der Waals surface area contributed by atoms with Crippen molar-refractivity contribution in [2.45, 2.75) is 6.92 Å². The molecule has 0 aliphatic rings. The number of hydrogen-bond donors (Lipinski definition) is 2. The molecule has 9 nitrogen and oxygen atoms in total. The third-order valence-electron chi connectivity index (χ3n) is 2.91. The van der Waals surface area contributed by atoms with Crippen LogP contribution in [0.4, 0.5) is 22.0 Å². The minimum atomic E-state index is -0.629. The zero-order valence-electron chi connectivity index (χ0n) is 13.1. The summed E-state index contributed by atoms with van der Waals surface area (Å²) < 4.78 is 10.3. The van der Waals surface area contributed by atoms with Gasteiger partial charge in [-0.15, -0.1) is 0 Å². The number of carbonyl (C=O) groups excluding carboxylic acids is 1. The lowest BCUT2D eigenvalue weighted by molar-refractivity contribution is -0.384. The molecule has 2 N–H and O–H groups in total. The molecule has 0 aliphatic heterocycles. The monoisotopic (exact) mass is 332 g/mol. The smallest absolute Gasteiger partial charge is 0.412 e. The maximum atomic E-state index is 11.4. The molecule has 9 heteroatoms. The molecular formula is C15H16N4O5. The summed E-state index contributed by atoms with van der Waals surface area (Å²) >= 11 is 0. The Morgan fingerprint density at radius 3 is 2.71 bits per heavy atom. The molecule has 0 saturated heterocycles. The summed E-state index contributed by atoms with van der Waals surface area (Å²) in [6, 6.07) is 7.50. The molecule has 0 bridgehead atoms. The van der Waals surface area contributed by atoms with Crippen molar-refractivity contribution < 1.29 is 19.2 Å². The molecule has 0 fully saturated rings. The summed E-state index contributed by atoms with van der Waals surface area (Å²) in [5, 5.41) is 16.2. The number of pyridine rings is 1. The number of ether oxygens (including phenoxy) is 2. The highest BCUT2D eigenvalue weighted by Crippen LogP contribution is 2.31. The van der Waals surface area contributed by atoms with Crippen molar-refractivity contribution in [3.63, 3.8) is 0 Å². The summed E-state index contributed by atoms with van der Waals surface area (Å²) in [5.41, 5.74) is 0.278. The van der Waals surface area contributed by atoms with Crippen molar-refractivity contribution in [1.29, 1.82) is 0 Å². The second-order valence-corrected chi connectivity index (χ2v) is 4.51. The fourth-order valence-corrected chi connectivity index (χ4v) is 1.89. The van der Waals surface area contributed by atoms with Crippen LogP contribution in [0, 0.1) is 10.1 Å². The first-order valence-electron chi connectivity index (χ1n) is 7.07. The number of aromatic nitrogens is 1. The van der Waals surface area contributed by atoms with Crippen LogP contribution < -0.4 is 15.4 Å². The van der Waals surface area contributed by atoms with Gasteiger partial charge in [-0.1, -0.05) is 0 Å². The van der Waals surface area contributed by atoms with E-state index in [1.165, 1.54) is 18.3 Å². The second-order valence-electron chi connectivity index (χ2n) is 4.51. The van der Waals surface area contributed by atoms with Gasteiger partial charge in [0.2, 0.25) is 0 Å². The van der Waals surface area contributed by atoms with E-state index >= 15 is 0 Å². The van der Waals surface area contributed by atoms with Crippen LogP contribution in [0.2, 0.25) is 0 Å². The third-order valence-corrected chi connectivity index (χ3v) is 2.91. The van der Waals surface area contributed by atoms with E-state index in [0.717, 1.165) is 0 Å². The standard InChI is InChI=1S/C15H16N4O5/c1-3-23-15(20)18-14-9-11(6-7-17-14)24-10-4-5-12(16-2)13(8-10)19(21)22/h4-9,16H,3H2,1-2H3,(H,17,18,20). The van der Waals surface area contributed by atoms with Gasteiger partial charge in [0.25, 0.3) is 5.69 Å². The van der Waals surface area contributed by atoms with Gasteiger partial charge in [0.1, 0.15) is 23.0 Å². The highest BCUT2D eigenvalue weighted by atomic mass is 16.6. The topological polar surface area (TPSA) is 116 Å². The fourth-order valence-electron chi connectivity index (χ4n) is 1.89. The Hall–Kier alpha value is -3.36. The van der Waals surface area contributed by atoms with E-state index in [0.29, 0.717) is 11.4 Å². The maximum absolute atomic E-state index is 11.4. The van der Waals surface area contributed by atoms with E-state index in [1.807, 2.05) is 0 Å². The van der Waals surface area contributed by atoms with Crippen LogP contribution in [0.5, 0.6) is 11.5 Å². The summed E-state index contributed by atoms with van der Waals surface area (Å²) in [4.78, 5) is 25.9. The van der Waals surface area contributed by atoms with Gasteiger partial charge in [-0.3, -0.25) is 15.4 Å². The highest BCUT2D eigenvalue weighted by Gasteiger charge is 2.14. The number of rotatable bonds is 6. The first-order valence-corrected chi connectivity index (χ1v) is 7.07. The van der Waals surface area contributed by atoms with Gasteiger partial charge < -0.3 is 14.8 Å². The summed E-state index contributed by atoms with van der Waals surface area (Å²) in [6.45, 7) is 1.93. The van der Waals surface area contributed by atoms with Crippen molar-refractivity contribution in [2.75, 3.05) is 24.3 Å². The summed E-state index contributed by atoms with van der Waals surface area (Å²) in [6.07, 6.45) is 0.809. The zero-order valence-corrected chi connectivity index (χ0v) is 13.1. The SMILES string of the molecule is CCOC(=O)Nc1cc(Oc2ccc(NC)c([N+](=O)[O-])c2)ccn1. The number of carbonyl (C=O) groups is 1. The van der Waals surface area contributed by atoms with E-state index in [-0.39, 0.29) is 23.9 Å². The van der Waals surface area contributed by atoms with Gasteiger partial charge in [-0.25, -0.2) is 9.78 Å². The van der Waals surface area contributed by atoms with Gasteiger partial charge in [0.15, 0.2) is 0 Å². The number of nitro benzene ring substituents is 1. The van der Waals surface area contributed by atoms with Crippen molar-refractivity contribution in [3.05, 3.63) is 46.6 Å². The Kier molecular flexibility index (Phi) is 5.50. The van der Waals surface area contributed by atoms with Gasteiger partial charge in [0, 0.05) is 19.3 Å². The fraction of sp³-hybridized carbons (Fsp3) is 0.200. The molecule has 126 valence electrons. The van der Waals surface area contributed by atoms with Crippen molar-refractivity contribution in [3.8, 4) is 11.5 Å². The molecule has 0 aliphatic carbocycles. The van der Waals surface area contributed by atoms with Crippen LogP contribution in [0.15, 0.2) is 36.5 Å². The quantitative estimate of drug-likeness (QED) is 0.615. The van der Waals surface area contributed by atoms with E-state index in [9.17, 15) is 14.9 Å². The molecule has 1 heterocycles. The average molecular weight is 332 g/mol. The van der Waals surface area contributed by atoms with E-state index < -0.39 is 11.0 Å². The van der Waals surface area contributed by atoms with Crippen LogP contribution in [-0.2, 0) is 4.74 Å². The van der Waals surface area contributed by atoms with E-state index in [2.05, 4.69) is 15.6 Å². The molecule has 1 aromatic heterocycles. The molecule has 1 amide bonds.